The Kier molecular flexibility index (Phi) is 2.95. The topological polar surface area (TPSA) is 29.1 Å². The van der Waals surface area contributed by atoms with Crippen molar-refractivity contribution in [2.24, 2.45) is 0 Å². The van der Waals surface area contributed by atoms with Crippen LogP contribution >= 0.6 is 23.2 Å². The van der Waals surface area contributed by atoms with Crippen LogP contribution in [0, 0.1) is 0 Å². The summed E-state index contributed by atoms with van der Waals surface area (Å²) in [6.45, 7) is 1.94. The molecule has 2 unspecified atom stereocenters. The first-order valence-corrected chi connectivity index (χ1v) is 6.90. The Labute approximate surface area is 122 Å². The summed E-state index contributed by atoms with van der Waals surface area (Å²) >= 11 is 12.2. The molecule has 1 heterocycles. The van der Waals surface area contributed by atoms with E-state index in [1.54, 1.807) is 12.1 Å². The molecule has 0 saturated carbocycles. The van der Waals surface area contributed by atoms with E-state index < -0.39 is 4.87 Å². The van der Waals surface area contributed by atoms with E-state index in [0.717, 1.165) is 23.3 Å². The number of carbonyl (C=O) groups excluding carboxylic acids is 1. The van der Waals surface area contributed by atoms with Crippen molar-refractivity contribution in [2.75, 3.05) is 0 Å². The quantitative estimate of drug-likeness (QED) is 0.785. The number of rotatable bonds is 1. The van der Waals surface area contributed by atoms with Gasteiger partial charge >= 0.3 is 0 Å². The van der Waals surface area contributed by atoms with Crippen LogP contribution in [0.4, 0.5) is 0 Å². The predicted molar refractivity (Wildman–Crippen MR) is 77.4 cm³/mol. The van der Waals surface area contributed by atoms with Crippen molar-refractivity contribution in [1.82, 2.24) is 5.32 Å². The van der Waals surface area contributed by atoms with Crippen molar-refractivity contribution in [2.45, 2.75) is 24.1 Å². The normalized spacial score (nSPS) is 29.4. The number of halogens is 2. The standard InChI is InChI=1S/C15H13Cl2NO/c1-15(17)7-6-11-12(8-15)18-14(19)13(11)9-2-4-10(16)5-3-9/h2-6,8,13H,7H2,1H3,(H,18,19). The second-order valence-corrected chi connectivity index (χ2v) is 6.47. The molecule has 2 nitrogen and oxygen atoms in total. The lowest BCUT2D eigenvalue weighted by atomic mass is 9.86. The number of fused-ring (bicyclic) bond motifs is 1. The minimum atomic E-state index is -0.416. The monoisotopic (exact) mass is 293 g/mol. The zero-order valence-electron chi connectivity index (χ0n) is 10.4. The molecule has 1 saturated heterocycles. The van der Waals surface area contributed by atoms with Crippen molar-refractivity contribution < 1.29 is 4.79 Å². The third kappa shape index (κ3) is 2.31. The van der Waals surface area contributed by atoms with E-state index in [1.165, 1.54) is 0 Å². The van der Waals surface area contributed by atoms with Crippen LogP contribution in [0.15, 0.2) is 47.7 Å². The van der Waals surface area contributed by atoms with Gasteiger partial charge in [0.2, 0.25) is 5.91 Å². The molecule has 19 heavy (non-hydrogen) atoms. The molecule has 1 fully saturated rings. The number of allylic oxidation sites excluding steroid dienone is 3. The molecule has 1 amide bonds. The molecule has 1 aliphatic carbocycles. The molecule has 1 aromatic carbocycles. The number of amides is 1. The van der Waals surface area contributed by atoms with E-state index in [1.807, 2.05) is 25.1 Å². The molecule has 98 valence electrons. The van der Waals surface area contributed by atoms with Crippen molar-refractivity contribution in [3.63, 3.8) is 0 Å². The first kappa shape index (κ1) is 12.8. The van der Waals surface area contributed by atoms with Gasteiger partial charge in [-0.15, -0.1) is 11.6 Å². The second kappa shape index (κ2) is 4.39. The van der Waals surface area contributed by atoms with E-state index in [0.29, 0.717) is 5.02 Å². The van der Waals surface area contributed by atoms with Gasteiger partial charge in [-0.2, -0.15) is 0 Å². The minimum absolute atomic E-state index is 0.00538. The SMILES string of the molecule is CC1(Cl)C=C2NC(=O)C(c3ccc(Cl)cc3)C2=CC1. The maximum absolute atomic E-state index is 12.2. The van der Waals surface area contributed by atoms with Gasteiger partial charge in [0.05, 0.1) is 10.8 Å². The van der Waals surface area contributed by atoms with Gasteiger partial charge in [-0.25, -0.2) is 0 Å². The number of nitrogens with one attached hydrogen (secondary N) is 1. The van der Waals surface area contributed by atoms with Gasteiger partial charge in [0.15, 0.2) is 0 Å². The highest BCUT2D eigenvalue weighted by Gasteiger charge is 2.38. The van der Waals surface area contributed by atoms with Crippen LogP contribution in [-0.4, -0.2) is 10.8 Å². The molecule has 0 aromatic heterocycles. The van der Waals surface area contributed by atoms with E-state index >= 15 is 0 Å². The fourth-order valence-corrected chi connectivity index (χ4v) is 2.89. The lowest BCUT2D eigenvalue weighted by molar-refractivity contribution is -0.119. The summed E-state index contributed by atoms with van der Waals surface area (Å²) in [5, 5.41) is 3.58. The van der Waals surface area contributed by atoms with Crippen LogP contribution in [0.5, 0.6) is 0 Å². The van der Waals surface area contributed by atoms with Crippen molar-refractivity contribution in [3.8, 4) is 0 Å². The number of benzene rings is 1. The zero-order chi connectivity index (χ0) is 13.6. The fourth-order valence-electron chi connectivity index (χ4n) is 2.58. The van der Waals surface area contributed by atoms with Gasteiger partial charge in [0.25, 0.3) is 0 Å². The molecule has 2 aliphatic rings. The van der Waals surface area contributed by atoms with Crippen LogP contribution in [-0.2, 0) is 4.79 Å². The fraction of sp³-hybridized carbons (Fsp3) is 0.267. The maximum atomic E-state index is 12.2. The minimum Gasteiger partial charge on any atom is -0.325 e. The highest BCUT2D eigenvalue weighted by Crippen LogP contribution is 2.41. The Morgan fingerprint density at radius 2 is 2.00 bits per heavy atom. The van der Waals surface area contributed by atoms with Gasteiger partial charge < -0.3 is 5.32 Å². The Balaban J connectivity index is 2.01. The zero-order valence-corrected chi connectivity index (χ0v) is 11.9. The van der Waals surface area contributed by atoms with Crippen molar-refractivity contribution in [3.05, 3.63) is 58.3 Å². The molecule has 4 heteroatoms. The molecule has 2 atom stereocenters. The number of carbonyl (C=O) groups is 1. The van der Waals surface area contributed by atoms with Crippen molar-refractivity contribution in [1.29, 1.82) is 0 Å². The summed E-state index contributed by atoms with van der Waals surface area (Å²) in [7, 11) is 0. The van der Waals surface area contributed by atoms with Gasteiger partial charge in [-0.1, -0.05) is 29.8 Å². The summed E-state index contributed by atoms with van der Waals surface area (Å²) in [5.41, 5.74) is 2.81. The van der Waals surface area contributed by atoms with Gasteiger partial charge in [0, 0.05) is 10.7 Å². The highest BCUT2D eigenvalue weighted by molar-refractivity contribution is 6.30. The molecule has 0 bridgehead atoms. The van der Waals surface area contributed by atoms with E-state index in [4.69, 9.17) is 23.2 Å². The van der Waals surface area contributed by atoms with Crippen LogP contribution in [0.3, 0.4) is 0 Å². The molecular formula is C15H13Cl2NO. The molecule has 0 spiro atoms. The summed E-state index contributed by atoms with van der Waals surface area (Å²) < 4.78 is 0. The molecule has 1 aromatic rings. The number of hydrogen-bond acceptors (Lipinski definition) is 1. The number of alkyl halides is 1. The van der Waals surface area contributed by atoms with Gasteiger partial charge in [-0.05, 0) is 42.7 Å². The largest absolute Gasteiger partial charge is 0.325 e. The van der Waals surface area contributed by atoms with E-state index in [-0.39, 0.29) is 11.8 Å². The highest BCUT2D eigenvalue weighted by atomic mass is 35.5. The van der Waals surface area contributed by atoms with Crippen LogP contribution < -0.4 is 5.32 Å². The Bertz CT molecular complexity index is 599. The smallest absolute Gasteiger partial charge is 0.236 e. The summed E-state index contributed by atoms with van der Waals surface area (Å²) in [5.74, 6) is -0.259. The molecular weight excluding hydrogens is 281 g/mol. The van der Waals surface area contributed by atoms with Crippen LogP contribution in [0.25, 0.3) is 0 Å². The average Bonchev–Trinajstić information content (AvgIpc) is 2.64. The van der Waals surface area contributed by atoms with Gasteiger partial charge in [-0.3, -0.25) is 4.79 Å². The second-order valence-electron chi connectivity index (χ2n) is 5.17. The number of hydrogen-bond donors (Lipinski definition) is 1. The lowest BCUT2D eigenvalue weighted by Gasteiger charge is -2.22. The molecule has 1 aliphatic heterocycles. The molecule has 1 N–H and O–H groups in total. The Morgan fingerprint density at radius 3 is 2.68 bits per heavy atom. The van der Waals surface area contributed by atoms with Crippen LogP contribution in [0.1, 0.15) is 24.8 Å². The molecule has 0 radical (unpaired) electrons. The van der Waals surface area contributed by atoms with E-state index in [9.17, 15) is 4.79 Å². The first-order valence-electron chi connectivity index (χ1n) is 6.15. The van der Waals surface area contributed by atoms with Crippen molar-refractivity contribution >= 4 is 29.1 Å². The average molecular weight is 294 g/mol. The lowest BCUT2D eigenvalue weighted by Crippen LogP contribution is -2.20. The van der Waals surface area contributed by atoms with Gasteiger partial charge in [0.1, 0.15) is 0 Å². The third-order valence-corrected chi connectivity index (χ3v) is 4.03. The predicted octanol–water partition coefficient (Wildman–Crippen LogP) is 3.76. The Hall–Kier alpha value is -1.25. The summed E-state index contributed by atoms with van der Waals surface area (Å²) in [6.07, 6.45) is 4.71. The van der Waals surface area contributed by atoms with Crippen LogP contribution in [0.2, 0.25) is 5.02 Å². The third-order valence-electron chi connectivity index (χ3n) is 3.51. The van der Waals surface area contributed by atoms with E-state index in [2.05, 4.69) is 11.4 Å². The summed E-state index contributed by atoms with van der Waals surface area (Å²) in [4.78, 5) is 11.8. The maximum Gasteiger partial charge on any atom is 0.236 e. The summed E-state index contributed by atoms with van der Waals surface area (Å²) in [6, 6.07) is 7.40. The Morgan fingerprint density at radius 1 is 1.32 bits per heavy atom. The first-order chi connectivity index (χ1) is 8.96. The molecule has 3 rings (SSSR count).